The largest absolute Gasteiger partial charge is 0.311 e. The number of anilines is 1. The minimum absolute atomic E-state index is 1.03. The predicted molar refractivity (Wildman–Crippen MR) is 88.5 cm³/mol. The highest BCUT2D eigenvalue weighted by Gasteiger charge is 2.13. The molecule has 1 nitrogen and oxygen atoms in total. The van der Waals surface area contributed by atoms with Crippen molar-refractivity contribution in [2.24, 2.45) is 0 Å². The minimum Gasteiger partial charge on any atom is -0.311 e. The van der Waals surface area contributed by atoms with Crippen molar-refractivity contribution in [1.29, 1.82) is 0 Å². The lowest BCUT2D eigenvalue weighted by atomic mass is 10.2. The van der Waals surface area contributed by atoms with Gasteiger partial charge in [-0.25, -0.2) is 0 Å². The average Bonchev–Trinajstić information content (AvgIpc) is 2.77. The standard InChI is InChI=1S/C19H21N/c1-3-12-17(4-2)20(19-15-10-7-11-16-19)18-13-8-5-6-9-14-18/h3-4,7-8,10-16H,1-2,5-6,9H2/b17-12+. The zero-order valence-corrected chi connectivity index (χ0v) is 11.8. The van der Waals surface area contributed by atoms with E-state index in [0.29, 0.717) is 0 Å². The van der Waals surface area contributed by atoms with Gasteiger partial charge >= 0.3 is 0 Å². The van der Waals surface area contributed by atoms with Crippen LogP contribution in [0.15, 0.2) is 91.3 Å². The Labute approximate surface area is 121 Å². The Morgan fingerprint density at radius 3 is 2.60 bits per heavy atom. The molecule has 0 radical (unpaired) electrons. The van der Waals surface area contributed by atoms with Crippen molar-refractivity contribution in [3.05, 3.63) is 91.3 Å². The second kappa shape index (κ2) is 7.34. The van der Waals surface area contributed by atoms with Crippen LogP contribution in [-0.4, -0.2) is 0 Å². The van der Waals surface area contributed by atoms with Gasteiger partial charge in [0.15, 0.2) is 0 Å². The highest BCUT2D eigenvalue weighted by Crippen LogP contribution is 2.27. The van der Waals surface area contributed by atoms with Crippen molar-refractivity contribution in [1.82, 2.24) is 0 Å². The number of nitrogens with zero attached hydrogens (tertiary/aromatic N) is 1. The zero-order valence-electron chi connectivity index (χ0n) is 11.8. The Balaban J connectivity index is 2.48. The van der Waals surface area contributed by atoms with Crippen LogP contribution < -0.4 is 4.90 Å². The van der Waals surface area contributed by atoms with Crippen LogP contribution in [0.4, 0.5) is 5.69 Å². The van der Waals surface area contributed by atoms with Gasteiger partial charge in [-0.05, 0) is 49.6 Å². The van der Waals surface area contributed by atoms with E-state index >= 15 is 0 Å². The molecule has 1 aliphatic rings. The second-order valence-corrected chi connectivity index (χ2v) is 4.66. The van der Waals surface area contributed by atoms with Gasteiger partial charge < -0.3 is 4.90 Å². The minimum atomic E-state index is 1.03. The zero-order chi connectivity index (χ0) is 14.2. The molecule has 0 saturated heterocycles. The topological polar surface area (TPSA) is 3.24 Å². The first-order chi connectivity index (χ1) is 9.86. The summed E-state index contributed by atoms with van der Waals surface area (Å²) in [6.45, 7) is 7.74. The van der Waals surface area contributed by atoms with E-state index in [1.807, 2.05) is 18.2 Å². The summed E-state index contributed by atoms with van der Waals surface area (Å²) in [5, 5.41) is 0. The van der Waals surface area contributed by atoms with Crippen LogP contribution in [0.5, 0.6) is 0 Å². The van der Waals surface area contributed by atoms with E-state index in [1.165, 1.54) is 12.1 Å². The summed E-state index contributed by atoms with van der Waals surface area (Å²) in [4.78, 5) is 2.22. The number of hydrogen-bond acceptors (Lipinski definition) is 1. The monoisotopic (exact) mass is 263 g/mol. The maximum absolute atomic E-state index is 3.94. The molecule has 1 heteroatoms. The SMILES string of the molecule is C=C/C=C(\C=C)N(C1=CCCCC=C1)c1ccccc1. The van der Waals surface area contributed by atoms with E-state index in [4.69, 9.17) is 0 Å². The van der Waals surface area contributed by atoms with E-state index in [9.17, 15) is 0 Å². The summed E-state index contributed by atoms with van der Waals surface area (Å²) in [7, 11) is 0. The van der Waals surface area contributed by atoms with Crippen LogP contribution in [0, 0.1) is 0 Å². The molecule has 0 unspecified atom stereocenters. The molecule has 0 heterocycles. The van der Waals surface area contributed by atoms with Gasteiger partial charge in [-0.3, -0.25) is 0 Å². The Morgan fingerprint density at radius 2 is 1.90 bits per heavy atom. The lowest BCUT2D eigenvalue weighted by Crippen LogP contribution is -2.19. The van der Waals surface area contributed by atoms with Crippen molar-refractivity contribution in [3.63, 3.8) is 0 Å². The van der Waals surface area contributed by atoms with E-state index in [2.05, 4.69) is 60.6 Å². The number of rotatable bonds is 5. The van der Waals surface area contributed by atoms with Crippen molar-refractivity contribution < 1.29 is 0 Å². The third kappa shape index (κ3) is 3.39. The van der Waals surface area contributed by atoms with Gasteiger partial charge in [0, 0.05) is 17.1 Å². The average molecular weight is 263 g/mol. The number of allylic oxidation sites excluding steroid dienone is 6. The van der Waals surface area contributed by atoms with Crippen molar-refractivity contribution in [2.45, 2.75) is 19.3 Å². The molecule has 0 bridgehead atoms. The fraction of sp³-hybridized carbons (Fsp3) is 0.158. The van der Waals surface area contributed by atoms with Gasteiger partial charge in [0.2, 0.25) is 0 Å². The molecule has 1 aromatic rings. The first kappa shape index (κ1) is 14.1. The van der Waals surface area contributed by atoms with E-state index < -0.39 is 0 Å². The lowest BCUT2D eigenvalue weighted by molar-refractivity contribution is 0.873. The van der Waals surface area contributed by atoms with E-state index in [1.54, 1.807) is 6.08 Å². The van der Waals surface area contributed by atoms with Crippen LogP contribution in [0.3, 0.4) is 0 Å². The smallest absolute Gasteiger partial charge is 0.0461 e. The number of para-hydroxylation sites is 1. The third-order valence-corrected chi connectivity index (χ3v) is 3.25. The summed E-state index contributed by atoms with van der Waals surface area (Å²) in [6.07, 6.45) is 15.8. The Morgan fingerprint density at radius 1 is 1.10 bits per heavy atom. The molecule has 20 heavy (non-hydrogen) atoms. The molecule has 1 aliphatic carbocycles. The molecular weight excluding hydrogens is 242 g/mol. The Bertz CT molecular complexity index is 546. The summed E-state index contributed by atoms with van der Waals surface area (Å²) < 4.78 is 0. The summed E-state index contributed by atoms with van der Waals surface area (Å²) in [5.41, 5.74) is 3.36. The Kier molecular flexibility index (Phi) is 5.19. The molecule has 0 spiro atoms. The molecule has 1 aromatic carbocycles. The highest BCUT2D eigenvalue weighted by atomic mass is 15.1. The summed E-state index contributed by atoms with van der Waals surface area (Å²) >= 11 is 0. The lowest BCUT2D eigenvalue weighted by Gasteiger charge is -2.27. The van der Waals surface area contributed by atoms with Crippen LogP contribution in [-0.2, 0) is 0 Å². The van der Waals surface area contributed by atoms with Gasteiger partial charge in [-0.2, -0.15) is 0 Å². The molecule has 102 valence electrons. The molecule has 0 atom stereocenters. The van der Waals surface area contributed by atoms with Gasteiger partial charge in [0.1, 0.15) is 0 Å². The molecule has 0 aromatic heterocycles. The molecule has 0 saturated carbocycles. The Hall–Kier alpha value is -2.28. The summed E-state index contributed by atoms with van der Waals surface area (Å²) in [5.74, 6) is 0. The maximum Gasteiger partial charge on any atom is 0.0461 e. The normalized spacial score (nSPS) is 15.2. The fourth-order valence-corrected chi connectivity index (χ4v) is 2.30. The highest BCUT2D eigenvalue weighted by molar-refractivity contribution is 5.62. The quantitative estimate of drug-likeness (QED) is 0.645. The maximum atomic E-state index is 3.94. The van der Waals surface area contributed by atoms with Crippen LogP contribution in [0.2, 0.25) is 0 Å². The van der Waals surface area contributed by atoms with Gasteiger partial charge in [0.05, 0.1) is 0 Å². The van der Waals surface area contributed by atoms with Gasteiger partial charge in [-0.15, -0.1) is 0 Å². The predicted octanol–water partition coefficient (Wildman–Crippen LogP) is 5.37. The van der Waals surface area contributed by atoms with E-state index in [-0.39, 0.29) is 0 Å². The van der Waals surface area contributed by atoms with Crippen LogP contribution in [0.1, 0.15) is 19.3 Å². The molecule has 0 N–H and O–H groups in total. The third-order valence-electron chi connectivity index (χ3n) is 3.25. The first-order valence-corrected chi connectivity index (χ1v) is 7.04. The van der Waals surface area contributed by atoms with Gasteiger partial charge in [0.25, 0.3) is 0 Å². The first-order valence-electron chi connectivity index (χ1n) is 7.04. The van der Waals surface area contributed by atoms with Gasteiger partial charge in [-0.1, -0.05) is 49.6 Å². The number of benzene rings is 1. The van der Waals surface area contributed by atoms with Crippen molar-refractivity contribution >= 4 is 5.69 Å². The van der Waals surface area contributed by atoms with Crippen LogP contribution >= 0.6 is 0 Å². The van der Waals surface area contributed by atoms with E-state index in [0.717, 1.165) is 24.2 Å². The molecule has 0 aliphatic heterocycles. The fourth-order valence-electron chi connectivity index (χ4n) is 2.30. The molecule has 0 amide bonds. The number of hydrogen-bond donors (Lipinski definition) is 0. The van der Waals surface area contributed by atoms with Crippen molar-refractivity contribution in [3.8, 4) is 0 Å². The summed E-state index contributed by atoms with van der Waals surface area (Å²) in [6, 6.07) is 10.4. The molecule has 0 fully saturated rings. The second-order valence-electron chi connectivity index (χ2n) is 4.66. The molecular formula is C19H21N. The molecule has 2 rings (SSSR count). The van der Waals surface area contributed by atoms with Crippen molar-refractivity contribution in [2.75, 3.05) is 4.90 Å². The van der Waals surface area contributed by atoms with Crippen LogP contribution in [0.25, 0.3) is 0 Å².